The molecule has 0 radical (unpaired) electrons. The number of nitrogens with two attached hydrogens (primary N) is 1. The van der Waals surface area contributed by atoms with Crippen LogP contribution in [-0.4, -0.2) is 199 Å². The molecular weight excluding hydrogens is 670 g/mol. The number of carbonyl (C=O) groups is 3. The van der Waals surface area contributed by atoms with Gasteiger partial charge in [0.05, 0.1) is 38.6 Å². The second kappa shape index (κ2) is 17.8. The molecule has 14 unspecified atom stereocenters. The zero-order valence-electron chi connectivity index (χ0n) is 26.6. The predicted molar refractivity (Wildman–Crippen MR) is 154 cm³/mol. The summed E-state index contributed by atoms with van der Waals surface area (Å²) in [4.78, 5) is 36.1. The lowest BCUT2D eigenvalue weighted by molar-refractivity contribution is -0.360. The molecule has 0 aromatic carbocycles. The van der Waals surface area contributed by atoms with Crippen molar-refractivity contribution in [1.82, 2.24) is 10.6 Å². The fraction of sp³-hybridized carbons (Fsp3) is 0.889. The summed E-state index contributed by atoms with van der Waals surface area (Å²) in [5.74, 6) is -6.03. The molecule has 3 heterocycles. The van der Waals surface area contributed by atoms with Gasteiger partial charge in [-0.1, -0.05) is 0 Å². The third-order valence-corrected chi connectivity index (χ3v) is 8.25. The van der Waals surface area contributed by atoms with E-state index in [2.05, 4.69) is 10.6 Å². The van der Waals surface area contributed by atoms with Crippen LogP contribution in [0.25, 0.3) is 0 Å². The molecule has 0 aliphatic carbocycles. The quantitative estimate of drug-likeness (QED) is 0.0748. The van der Waals surface area contributed by atoms with E-state index in [0.29, 0.717) is 0 Å². The predicted octanol–water partition coefficient (Wildman–Crippen LogP) is -8.10. The highest BCUT2D eigenvalue weighted by molar-refractivity contribution is 5.76. The number of aliphatic carboxylic acids is 1. The average molecular weight is 718 g/mol. The van der Waals surface area contributed by atoms with Crippen molar-refractivity contribution in [3.8, 4) is 0 Å². The number of amides is 2. The number of aliphatic hydroxyl groups is 9. The number of rotatable bonds is 15. The second-order valence-corrected chi connectivity index (χ2v) is 11.9. The van der Waals surface area contributed by atoms with Crippen LogP contribution in [0.5, 0.6) is 0 Å². The summed E-state index contributed by atoms with van der Waals surface area (Å²) in [7, 11) is 0. The number of nitrogens with one attached hydrogen (secondary N) is 2. The SMILES string of the molecule is CC(=O)NC1C(OCCN)OC(CO)C(OC2OC(COC3(C(=O)O)CC(O)C(NC(C)=O)C([C@@H](O)[C@@H](O)CO)O3)C(O)C(O)C2O)C1O. The molecule has 0 spiro atoms. The molecule has 0 aromatic heterocycles. The zero-order chi connectivity index (χ0) is 36.8. The summed E-state index contributed by atoms with van der Waals surface area (Å²) in [6.07, 6.45) is -24.1. The molecule has 0 saturated carbocycles. The van der Waals surface area contributed by atoms with Crippen molar-refractivity contribution in [1.29, 1.82) is 0 Å². The summed E-state index contributed by atoms with van der Waals surface area (Å²) in [6, 6.07) is -2.77. The highest BCUT2D eigenvalue weighted by Crippen LogP contribution is 2.35. The first kappa shape index (κ1) is 41.2. The van der Waals surface area contributed by atoms with Crippen molar-refractivity contribution in [2.75, 3.05) is 33.0 Å². The van der Waals surface area contributed by atoms with Gasteiger partial charge in [0, 0.05) is 26.8 Å². The molecule has 284 valence electrons. The third kappa shape index (κ3) is 9.56. The first-order valence-corrected chi connectivity index (χ1v) is 15.4. The van der Waals surface area contributed by atoms with Crippen molar-refractivity contribution in [2.24, 2.45) is 5.73 Å². The van der Waals surface area contributed by atoms with Crippen molar-refractivity contribution in [2.45, 2.75) is 118 Å². The Morgan fingerprint density at radius 3 is 2.06 bits per heavy atom. The number of carboxylic acid groups (broad SMARTS) is 1. The van der Waals surface area contributed by atoms with Crippen LogP contribution in [0.3, 0.4) is 0 Å². The Labute approximate surface area is 279 Å². The molecule has 49 heavy (non-hydrogen) atoms. The molecule has 3 saturated heterocycles. The summed E-state index contributed by atoms with van der Waals surface area (Å²) >= 11 is 0. The first-order valence-electron chi connectivity index (χ1n) is 15.4. The fourth-order valence-electron chi connectivity index (χ4n) is 5.77. The molecule has 22 heteroatoms. The topological polar surface area (TPSA) is 359 Å². The van der Waals surface area contributed by atoms with Crippen LogP contribution in [0.4, 0.5) is 0 Å². The number of hydrogen-bond acceptors (Lipinski definition) is 19. The van der Waals surface area contributed by atoms with Crippen molar-refractivity contribution >= 4 is 17.8 Å². The molecule has 22 nitrogen and oxygen atoms in total. The first-order chi connectivity index (χ1) is 23.0. The standard InChI is InChI=1S/C27H47N3O19/c1-9(33)29-15-11(35)5-27(26(42)43,49-23(15)17(37)12(36)6-31)45-8-14-18(38)20(40)21(41)25(47-14)48-22-13(7-32)46-24(44-4-3-28)16(19(22)39)30-10(2)34/h11-25,31-32,35-41H,3-8,28H2,1-2H3,(H,29,33)(H,30,34)(H,42,43)/t11?,12-,13?,14?,15?,16?,17-,18?,19?,20?,21?,22?,23?,24?,25?,27?/m0/s1. The van der Waals surface area contributed by atoms with Crippen LogP contribution in [-0.2, 0) is 42.8 Å². The average Bonchev–Trinajstić information content (AvgIpc) is 3.05. The summed E-state index contributed by atoms with van der Waals surface area (Å²) in [5, 5.41) is 109. The molecule has 0 bridgehead atoms. The van der Waals surface area contributed by atoms with Gasteiger partial charge in [-0.2, -0.15) is 0 Å². The van der Waals surface area contributed by atoms with Gasteiger partial charge in [0.2, 0.25) is 11.8 Å². The number of aliphatic hydroxyl groups excluding tert-OH is 9. The van der Waals surface area contributed by atoms with Gasteiger partial charge in [-0.15, -0.1) is 0 Å². The number of ether oxygens (including phenoxy) is 6. The van der Waals surface area contributed by atoms with Gasteiger partial charge in [-0.3, -0.25) is 9.59 Å². The van der Waals surface area contributed by atoms with E-state index < -0.39 is 142 Å². The van der Waals surface area contributed by atoms with Crippen molar-refractivity contribution in [3.05, 3.63) is 0 Å². The Morgan fingerprint density at radius 2 is 1.51 bits per heavy atom. The van der Waals surface area contributed by atoms with Crippen LogP contribution >= 0.6 is 0 Å². The molecule has 2 amide bonds. The van der Waals surface area contributed by atoms with E-state index in [9.17, 15) is 65.4 Å². The molecule has 3 fully saturated rings. The minimum absolute atomic E-state index is 0.0488. The van der Waals surface area contributed by atoms with Gasteiger partial charge >= 0.3 is 5.97 Å². The Bertz CT molecular complexity index is 1110. The largest absolute Gasteiger partial charge is 0.477 e. The van der Waals surface area contributed by atoms with Crippen molar-refractivity contribution in [3.63, 3.8) is 0 Å². The zero-order valence-corrected chi connectivity index (χ0v) is 26.6. The Hall–Kier alpha value is -2.23. The van der Waals surface area contributed by atoms with Gasteiger partial charge in [-0.25, -0.2) is 4.79 Å². The van der Waals surface area contributed by atoms with Gasteiger partial charge in [0.15, 0.2) is 12.6 Å². The molecular formula is C27H47N3O19. The van der Waals surface area contributed by atoms with Crippen LogP contribution in [0, 0.1) is 0 Å². The molecule has 14 N–H and O–H groups in total. The van der Waals surface area contributed by atoms with E-state index >= 15 is 0 Å². The Morgan fingerprint density at radius 1 is 0.898 bits per heavy atom. The molecule has 3 aliphatic rings. The highest BCUT2D eigenvalue weighted by atomic mass is 16.8. The second-order valence-electron chi connectivity index (χ2n) is 11.9. The van der Waals surface area contributed by atoms with Crippen LogP contribution in [0.1, 0.15) is 20.3 Å². The summed E-state index contributed by atoms with van der Waals surface area (Å²) in [5.41, 5.74) is 5.46. The molecule has 3 rings (SSSR count). The van der Waals surface area contributed by atoms with E-state index in [4.69, 9.17) is 34.2 Å². The number of carboxylic acids is 1. The highest BCUT2D eigenvalue weighted by Gasteiger charge is 2.57. The normalized spacial score (nSPS) is 41.0. The maximum Gasteiger partial charge on any atom is 0.364 e. The van der Waals surface area contributed by atoms with Gasteiger partial charge in [-0.05, 0) is 0 Å². The van der Waals surface area contributed by atoms with E-state index in [-0.39, 0.29) is 13.2 Å². The van der Waals surface area contributed by atoms with E-state index in [1.165, 1.54) is 0 Å². The maximum atomic E-state index is 12.5. The molecule has 16 atom stereocenters. The smallest absolute Gasteiger partial charge is 0.364 e. The summed E-state index contributed by atoms with van der Waals surface area (Å²) in [6.45, 7) is -0.558. The Balaban J connectivity index is 1.84. The van der Waals surface area contributed by atoms with Crippen LogP contribution in [0.15, 0.2) is 0 Å². The third-order valence-electron chi connectivity index (χ3n) is 8.25. The fourth-order valence-corrected chi connectivity index (χ4v) is 5.77. The number of hydrogen-bond donors (Lipinski definition) is 13. The van der Waals surface area contributed by atoms with Gasteiger partial charge < -0.3 is 95.9 Å². The van der Waals surface area contributed by atoms with Crippen LogP contribution < -0.4 is 16.4 Å². The Kier molecular flexibility index (Phi) is 15.0. The van der Waals surface area contributed by atoms with Crippen molar-refractivity contribution < 1.29 is 93.9 Å². The van der Waals surface area contributed by atoms with E-state index in [0.717, 1.165) is 13.8 Å². The van der Waals surface area contributed by atoms with Gasteiger partial charge in [0.25, 0.3) is 5.79 Å². The minimum atomic E-state index is -2.84. The lowest BCUT2D eigenvalue weighted by atomic mass is 9.88. The monoisotopic (exact) mass is 717 g/mol. The minimum Gasteiger partial charge on any atom is -0.477 e. The lowest BCUT2D eigenvalue weighted by Gasteiger charge is -2.48. The van der Waals surface area contributed by atoms with E-state index in [1.54, 1.807) is 0 Å². The molecule has 0 aromatic rings. The maximum absolute atomic E-state index is 12.5. The summed E-state index contributed by atoms with van der Waals surface area (Å²) < 4.78 is 33.4. The molecule has 3 aliphatic heterocycles. The van der Waals surface area contributed by atoms with Gasteiger partial charge in [0.1, 0.15) is 67.1 Å². The van der Waals surface area contributed by atoms with Crippen LogP contribution in [0.2, 0.25) is 0 Å². The van der Waals surface area contributed by atoms with E-state index in [1.807, 2.05) is 0 Å². The number of carbonyl (C=O) groups excluding carboxylic acids is 2. The lowest BCUT2D eigenvalue weighted by Crippen LogP contribution is -2.69.